The van der Waals surface area contributed by atoms with Crippen LogP contribution in [0.4, 0.5) is 0 Å². The third-order valence-electron chi connectivity index (χ3n) is 5.37. The number of allylic oxidation sites excluding steroid dienone is 1. The summed E-state index contributed by atoms with van der Waals surface area (Å²) in [5.41, 5.74) is 6.56. The maximum atomic E-state index is 10.8. The molecule has 0 amide bonds. The van der Waals surface area contributed by atoms with Crippen LogP contribution in [-0.4, -0.2) is 16.1 Å². The van der Waals surface area contributed by atoms with Crippen LogP contribution in [0, 0.1) is 6.92 Å². The molecule has 0 radical (unpaired) electrons. The molecule has 36 heavy (non-hydrogen) atoms. The van der Waals surface area contributed by atoms with Crippen LogP contribution < -0.4 is 10.2 Å². The number of carboxylic acids is 1. The number of hydrogen-bond donors (Lipinski definition) is 2. The summed E-state index contributed by atoms with van der Waals surface area (Å²) >= 11 is 1.59. The van der Waals surface area contributed by atoms with Crippen molar-refractivity contribution >= 4 is 23.0 Å². The average Bonchev–Trinajstić information content (AvgIpc) is 3.55. The second kappa shape index (κ2) is 12.7. The number of nitrogens with one attached hydrogen (secondary N) is 1. The maximum absolute atomic E-state index is 10.8. The lowest BCUT2D eigenvalue weighted by Gasteiger charge is -2.12. The zero-order valence-corrected chi connectivity index (χ0v) is 20.8. The van der Waals surface area contributed by atoms with E-state index < -0.39 is 5.97 Å². The quantitative estimate of drug-likeness (QED) is 0.156. The van der Waals surface area contributed by atoms with Gasteiger partial charge in [-0.3, -0.25) is 15.1 Å². The standard InChI is InChI=1S/C28H28N2O5S/c1-20-25(29-28(35-20)26-11-7-17-36-26)19-33-23-15-13-21(14-16-23)18-34-30-24(10-5-6-12-27(31)32)22-8-3-2-4-9-22/h2-4,7-11,13-17,30H,5-6,12,18-19H2,1H3,(H,31,32). The van der Waals surface area contributed by atoms with Crippen molar-refractivity contribution < 1.29 is 23.9 Å². The van der Waals surface area contributed by atoms with Gasteiger partial charge in [0.2, 0.25) is 5.89 Å². The van der Waals surface area contributed by atoms with E-state index in [9.17, 15) is 4.79 Å². The summed E-state index contributed by atoms with van der Waals surface area (Å²) in [5, 5.41) is 10.8. The Labute approximate surface area is 214 Å². The molecular weight excluding hydrogens is 476 g/mol. The summed E-state index contributed by atoms with van der Waals surface area (Å²) in [4.78, 5) is 22.1. The molecular formula is C28H28N2O5S. The van der Waals surface area contributed by atoms with Gasteiger partial charge in [0.1, 0.15) is 23.8 Å². The van der Waals surface area contributed by atoms with E-state index in [0.29, 0.717) is 31.9 Å². The predicted molar refractivity (Wildman–Crippen MR) is 139 cm³/mol. The van der Waals surface area contributed by atoms with Crippen molar-refractivity contribution in [2.24, 2.45) is 0 Å². The number of carbonyl (C=O) groups is 1. The molecule has 0 aliphatic heterocycles. The highest BCUT2D eigenvalue weighted by atomic mass is 32.1. The third kappa shape index (κ3) is 7.31. The molecule has 0 atom stereocenters. The molecule has 0 aliphatic rings. The van der Waals surface area contributed by atoms with Crippen LogP contribution >= 0.6 is 11.3 Å². The van der Waals surface area contributed by atoms with Gasteiger partial charge in [-0.1, -0.05) is 54.6 Å². The van der Waals surface area contributed by atoms with E-state index in [2.05, 4.69) is 10.5 Å². The molecule has 2 aromatic carbocycles. The fourth-order valence-electron chi connectivity index (χ4n) is 3.43. The van der Waals surface area contributed by atoms with E-state index in [-0.39, 0.29) is 6.42 Å². The first-order valence-corrected chi connectivity index (χ1v) is 12.5. The number of thiophene rings is 1. The Balaban J connectivity index is 1.28. The monoisotopic (exact) mass is 504 g/mol. The van der Waals surface area contributed by atoms with Crippen LogP contribution in [-0.2, 0) is 22.8 Å². The van der Waals surface area contributed by atoms with Gasteiger partial charge in [-0.15, -0.1) is 11.3 Å². The number of aromatic nitrogens is 1. The fourth-order valence-corrected chi connectivity index (χ4v) is 4.08. The van der Waals surface area contributed by atoms with Gasteiger partial charge in [0, 0.05) is 6.42 Å². The van der Waals surface area contributed by atoms with Crippen molar-refractivity contribution in [1.29, 1.82) is 0 Å². The van der Waals surface area contributed by atoms with E-state index in [4.69, 9.17) is 19.1 Å². The molecule has 0 spiro atoms. The Morgan fingerprint density at radius 2 is 1.89 bits per heavy atom. The summed E-state index contributed by atoms with van der Waals surface area (Å²) in [7, 11) is 0. The minimum atomic E-state index is -0.791. The highest BCUT2D eigenvalue weighted by molar-refractivity contribution is 7.13. The molecule has 0 bridgehead atoms. The Hall–Kier alpha value is -3.88. The molecule has 0 fully saturated rings. The van der Waals surface area contributed by atoms with Crippen molar-refractivity contribution in [3.05, 3.63) is 101 Å². The number of aryl methyl sites for hydroxylation is 1. The van der Waals surface area contributed by atoms with Gasteiger partial charge in [0.25, 0.3) is 0 Å². The number of hydrogen-bond acceptors (Lipinski definition) is 7. The SMILES string of the molecule is Cc1oc(-c2cccs2)nc1COc1ccc(CONC(=CCCCC(=O)O)c2ccccc2)cc1. The topological polar surface area (TPSA) is 93.8 Å². The van der Waals surface area contributed by atoms with E-state index in [0.717, 1.165) is 38.9 Å². The highest BCUT2D eigenvalue weighted by Gasteiger charge is 2.12. The van der Waals surface area contributed by atoms with Crippen LogP contribution in [0.1, 0.15) is 41.8 Å². The first-order chi connectivity index (χ1) is 17.6. The van der Waals surface area contributed by atoms with Gasteiger partial charge in [0.15, 0.2) is 0 Å². The average molecular weight is 505 g/mol. The normalized spacial score (nSPS) is 11.4. The summed E-state index contributed by atoms with van der Waals surface area (Å²) in [6.07, 6.45) is 3.31. The van der Waals surface area contributed by atoms with Gasteiger partial charge < -0.3 is 14.3 Å². The number of aliphatic carboxylic acids is 1. The fraction of sp³-hybridized carbons (Fsp3) is 0.214. The summed E-state index contributed by atoms with van der Waals surface area (Å²) in [6, 6.07) is 21.4. The minimum absolute atomic E-state index is 0.139. The minimum Gasteiger partial charge on any atom is -0.487 e. The highest BCUT2D eigenvalue weighted by Crippen LogP contribution is 2.26. The second-order valence-electron chi connectivity index (χ2n) is 8.09. The largest absolute Gasteiger partial charge is 0.487 e. The number of rotatable bonds is 13. The molecule has 0 aliphatic carbocycles. The van der Waals surface area contributed by atoms with Crippen LogP contribution in [0.25, 0.3) is 16.5 Å². The number of benzene rings is 2. The Bertz CT molecular complexity index is 1270. The third-order valence-corrected chi connectivity index (χ3v) is 6.23. The number of ether oxygens (including phenoxy) is 1. The van der Waals surface area contributed by atoms with Crippen molar-refractivity contribution in [2.45, 2.75) is 39.4 Å². The van der Waals surface area contributed by atoms with Gasteiger partial charge >= 0.3 is 5.97 Å². The van der Waals surface area contributed by atoms with E-state index in [1.54, 1.807) is 11.3 Å². The van der Waals surface area contributed by atoms with Crippen molar-refractivity contribution in [3.8, 4) is 16.5 Å². The Morgan fingerprint density at radius 1 is 1.08 bits per heavy atom. The summed E-state index contributed by atoms with van der Waals surface area (Å²) in [5.74, 6) is 1.31. The van der Waals surface area contributed by atoms with Gasteiger partial charge in [-0.2, -0.15) is 0 Å². The number of hydroxylamine groups is 1. The van der Waals surface area contributed by atoms with Crippen LogP contribution in [0.5, 0.6) is 5.75 Å². The molecule has 4 aromatic rings. The summed E-state index contributed by atoms with van der Waals surface area (Å²) in [6.45, 7) is 2.57. The molecule has 2 heterocycles. The molecule has 8 heteroatoms. The Morgan fingerprint density at radius 3 is 2.61 bits per heavy atom. The summed E-state index contributed by atoms with van der Waals surface area (Å²) < 4.78 is 11.7. The molecule has 0 unspecified atom stereocenters. The lowest BCUT2D eigenvalue weighted by Crippen LogP contribution is -2.13. The zero-order chi connectivity index (χ0) is 25.2. The van der Waals surface area contributed by atoms with Gasteiger partial charge in [0.05, 0.1) is 17.2 Å². The zero-order valence-electron chi connectivity index (χ0n) is 20.0. The number of oxazole rings is 1. The van der Waals surface area contributed by atoms with Gasteiger partial charge in [-0.25, -0.2) is 4.98 Å². The molecule has 2 N–H and O–H groups in total. The predicted octanol–water partition coefficient (Wildman–Crippen LogP) is 6.61. The van der Waals surface area contributed by atoms with Crippen LogP contribution in [0.15, 0.2) is 82.6 Å². The molecule has 186 valence electrons. The van der Waals surface area contributed by atoms with E-state index >= 15 is 0 Å². The number of nitrogens with zero attached hydrogens (tertiary/aromatic N) is 1. The maximum Gasteiger partial charge on any atom is 0.303 e. The first-order valence-electron chi connectivity index (χ1n) is 11.7. The molecule has 2 aromatic heterocycles. The smallest absolute Gasteiger partial charge is 0.303 e. The van der Waals surface area contributed by atoms with Gasteiger partial charge in [-0.05, 0) is 54.5 Å². The van der Waals surface area contributed by atoms with Crippen molar-refractivity contribution in [1.82, 2.24) is 10.5 Å². The number of carboxylic acid groups (broad SMARTS) is 1. The second-order valence-corrected chi connectivity index (χ2v) is 9.04. The lowest BCUT2D eigenvalue weighted by atomic mass is 10.1. The van der Waals surface area contributed by atoms with E-state index in [1.165, 1.54) is 0 Å². The molecule has 0 saturated heterocycles. The molecule has 7 nitrogen and oxygen atoms in total. The van der Waals surface area contributed by atoms with Crippen LogP contribution in [0.3, 0.4) is 0 Å². The molecule has 0 saturated carbocycles. The first kappa shape index (κ1) is 25.2. The molecule has 4 rings (SSSR count). The number of unbranched alkanes of at least 4 members (excludes halogenated alkanes) is 1. The Kier molecular flexibility index (Phi) is 8.91. The van der Waals surface area contributed by atoms with Crippen molar-refractivity contribution in [3.63, 3.8) is 0 Å². The lowest BCUT2D eigenvalue weighted by molar-refractivity contribution is -0.137. The van der Waals surface area contributed by atoms with E-state index in [1.807, 2.05) is 85.1 Å². The van der Waals surface area contributed by atoms with Crippen molar-refractivity contribution in [2.75, 3.05) is 0 Å². The van der Waals surface area contributed by atoms with Crippen LogP contribution in [0.2, 0.25) is 0 Å².